The number of amides is 2. The molecule has 0 saturated heterocycles. The van der Waals surface area contributed by atoms with Gasteiger partial charge in [-0.3, -0.25) is 9.59 Å². The summed E-state index contributed by atoms with van der Waals surface area (Å²) in [6.07, 6.45) is 0.389. The maximum Gasteiger partial charge on any atom is 0.397 e. The van der Waals surface area contributed by atoms with Gasteiger partial charge in [0, 0.05) is 36.7 Å². The van der Waals surface area contributed by atoms with E-state index in [1.165, 1.54) is 18.4 Å². The van der Waals surface area contributed by atoms with Crippen LogP contribution in [-0.2, 0) is 36.8 Å². The van der Waals surface area contributed by atoms with Gasteiger partial charge in [0.15, 0.2) is 6.79 Å². The molecule has 2 heterocycles. The van der Waals surface area contributed by atoms with Gasteiger partial charge in [0.1, 0.15) is 22.0 Å². The van der Waals surface area contributed by atoms with Crippen LogP contribution in [0.2, 0.25) is 0 Å². The molecule has 12 heteroatoms. The number of benzene rings is 1. The monoisotopic (exact) mass is 575 g/mol. The Kier molecular flexibility index (Phi) is 9.93. The van der Waals surface area contributed by atoms with E-state index in [9.17, 15) is 19.2 Å². The van der Waals surface area contributed by atoms with Crippen LogP contribution in [0.5, 0.6) is 5.75 Å². The van der Waals surface area contributed by atoms with Crippen LogP contribution >= 0.6 is 11.3 Å². The van der Waals surface area contributed by atoms with Gasteiger partial charge in [-0.05, 0) is 71.7 Å². The molecule has 0 fully saturated rings. The summed E-state index contributed by atoms with van der Waals surface area (Å²) < 4.78 is 21.1. The van der Waals surface area contributed by atoms with Crippen molar-refractivity contribution >= 4 is 40.1 Å². The lowest BCUT2D eigenvalue weighted by atomic mass is 9.97. The Balaban J connectivity index is 1.77. The number of carbonyl (C=O) groups excluding carboxylic acids is 4. The Hall–Kier alpha value is -3.48. The lowest BCUT2D eigenvalue weighted by Crippen LogP contribution is -2.44. The molecular weight excluding hydrogens is 538 g/mol. The highest BCUT2D eigenvalue weighted by Gasteiger charge is 2.33. The molecule has 3 rings (SSSR count). The summed E-state index contributed by atoms with van der Waals surface area (Å²) >= 11 is 1.20. The molecule has 1 unspecified atom stereocenters. The number of thiophene rings is 1. The van der Waals surface area contributed by atoms with Crippen LogP contribution in [-0.4, -0.2) is 61.4 Å². The van der Waals surface area contributed by atoms with Crippen molar-refractivity contribution in [1.29, 1.82) is 0 Å². The fourth-order valence-corrected chi connectivity index (χ4v) is 5.02. The van der Waals surface area contributed by atoms with Crippen molar-refractivity contribution in [2.45, 2.75) is 71.8 Å². The van der Waals surface area contributed by atoms with E-state index >= 15 is 0 Å². The van der Waals surface area contributed by atoms with E-state index in [2.05, 4.69) is 16.0 Å². The number of nitrogens with one attached hydrogen (secondary N) is 3. The Labute approximate surface area is 237 Å². The van der Waals surface area contributed by atoms with E-state index < -0.39 is 29.0 Å². The second kappa shape index (κ2) is 12.8. The topological polar surface area (TPSA) is 141 Å². The molecule has 1 aromatic heterocycles. The van der Waals surface area contributed by atoms with Crippen LogP contribution in [0.25, 0.3) is 0 Å². The van der Waals surface area contributed by atoms with Crippen LogP contribution in [0.4, 0.5) is 5.00 Å². The highest BCUT2D eigenvalue weighted by Crippen LogP contribution is 2.37. The Morgan fingerprint density at radius 2 is 1.75 bits per heavy atom. The average Bonchev–Trinajstić information content (AvgIpc) is 3.21. The molecule has 1 aliphatic heterocycles. The Morgan fingerprint density at radius 1 is 1.05 bits per heavy atom. The molecule has 2 amide bonds. The Bertz CT molecular complexity index is 1260. The van der Waals surface area contributed by atoms with E-state index in [0.717, 1.165) is 4.88 Å². The predicted molar refractivity (Wildman–Crippen MR) is 150 cm³/mol. The molecule has 2 aromatic rings. The molecule has 0 spiro atoms. The molecule has 11 nitrogen and oxygen atoms in total. The lowest BCUT2D eigenvalue weighted by Gasteiger charge is -2.26. The minimum Gasteiger partial charge on any atom is -0.468 e. The van der Waals surface area contributed by atoms with Crippen molar-refractivity contribution in [2.75, 3.05) is 25.8 Å². The molecule has 3 N–H and O–H groups in total. The fourth-order valence-electron chi connectivity index (χ4n) is 3.85. The minimum absolute atomic E-state index is 0.0697. The third-order valence-electron chi connectivity index (χ3n) is 5.46. The molecule has 1 aliphatic rings. The number of fused-ring (bicyclic) bond motifs is 1. The fraction of sp³-hybridized carbons (Fsp3) is 0.500. The quantitative estimate of drug-likeness (QED) is 0.245. The van der Waals surface area contributed by atoms with Crippen LogP contribution in [0.15, 0.2) is 24.3 Å². The van der Waals surface area contributed by atoms with Crippen LogP contribution in [0.1, 0.15) is 72.7 Å². The van der Waals surface area contributed by atoms with Crippen LogP contribution in [0.3, 0.4) is 0 Å². The zero-order valence-corrected chi connectivity index (χ0v) is 24.7. The standard InChI is InChI=1S/C28H37N3O8S/c1-27(2,3)38-25(34)21-19-12-17(13-30-22(32)16-9-8-10-18(11-16)37-15-36-7)29-14-20(19)40-24(21)31-23(33)26(35)39-28(4,5)6/h8-11,17,29H,12-15H2,1-7H3,(H,30,32)(H,31,33). The van der Waals surface area contributed by atoms with Crippen molar-refractivity contribution < 1.29 is 38.1 Å². The number of anilines is 1. The molecule has 0 aliphatic carbocycles. The van der Waals surface area contributed by atoms with Gasteiger partial charge >= 0.3 is 17.8 Å². The number of carbonyl (C=O) groups is 4. The van der Waals surface area contributed by atoms with Gasteiger partial charge in [0.2, 0.25) is 0 Å². The normalized spacial score (nSPS) is 15.0. The van der Waals surface area contributed by atoms with Gasteiger partial charge in [-0.2, -0.15) is 0 Å². The first-order valence-electron chi connectivity index (χ1n) is 12.8. The number of methoxy groups -OCH3 is 1. The maximum absolute atomic E-state index is 13.3. The molecule has 1 atom stereocenters. The van der Waals surface area contributed by atoms with E-state index in [1.807, 2.05) is 0 Å². The van der Waals surface area contributed by atoms with Crippen molar-refractivity contribution in [1.82, 2.24) is 10.6 Å². The van der Waals surface area contributed by atoms with Gasteiger partial charge < -0.3 is 34.9 Å². The van der Waals surface area contributed by atoms with E-state index in [-0.39, 0.29) is 35.9 Å². The number of rotatable bonds is 8. The van der Waals surface area contributed by atoms with Gasteiger partial charge in [0.05, 0.1) is 5.56 Å². The second-order valence-corrected chi connectivity index (χ2v) is 12.3. The first kappa shape index (κ1) is 31.1. The minimum atomic E-state index is -1.05. The van der Waals surface area contributed by atoms with Crippen molar-refractivity contribution in [3.63, 3.8) is 0 Å². The smallest absolute Gasteiger partial charge is 0.397 e. The number of hydrogen-bond donors (Lipinski definition) is 3. The summed E-state index contributed by atoms with van der Waals surface area (Å²) in [5.41, 5.74) is -0.293. The summed E-state index contributed by atoms with van der Waals surface area (Å²) in [5.74, 6) is -2.41. The summed E-state index contributed by atoms with van der Waals surface area (Å²) in [6.45, 7) is 11.0. The predicted octanol–water partition coefficient (Wildman–Crippen LogP) is 3.41. The average molecular weight is 576 g/mol. The molecule has 0 radical (unpaired) electrons. The van der Waals surface area contributed by atoms with Crippen molar-refractivity contribution in [2.24, 2.45) is 0 Å². The Morgan fingerprint density at radius 3 is 2.40 bits per heavy atom. The third-order valence-corrected chi connectivity index (χ3v) is 6.60. The first-order valence-corrected chi connectivity index (χ1v) is 13.6. The van der Waals surface area contributed by atoms with Crippen LogP contribution in [0, 0.1) is 0 Å². The number of ether oxygens (including phenoxy) is 4. The van der Waals surface area contributed by atoms with Crippen molar-refractivity contribution in [3.8, 4) is 5.75 Å². The first-order chi connectivity index (χ1) is 18.7. The van der Waals surface area contributed by atoms with E-state index in [0.29, 0.717) is 29.8 Å². The summed E-state index contributed by atoms with van der Waals surface area (Å²) in [7, 11) is 1.51. The zero-order valence-electron chi connectivity index (χ0n) is 23.9. The third kappa shape index (κ3) is 8.77. The largest absolute Gasteiger partial charge is 0.468 e. The van der Waals surface area contributed by atoms with Gasteiger partial charge in [-0.1, -0.05) is 6.07 Å². The van der Waals surface area contributed by atoms with Gasteiger partial charge in [0.25, 0.3) is 5.91 Å². The SMILES string of the molecule is COCOc1cccc(C(=O)NCC2Cc3c(sc(NC(=O)C(=O)OC(C)(C)C)c3C(=O)OC(C)(C)C)CN2)c1. The van der Waals surface area contributed by atoms with Crippen LogP contribution < -0.4 is 20.7 Å². The highest BCUT2D eigenvalue weighted by atomic mass is 32.1. The molecule has 218 valence electrons. The molecule has 0 saturated carbocycles. The lowest BCUT2D eigenvalue weighted by molar-refractivity contribution is -0.161. The maximum atomic E-state index is 13.3. The second-order valence-electron chi connectivity index (χ2n) is 11.2. The highest BCUT2D eigenvalue weighted by molar-refractivity contribution is 7.17. The zero-order chi connectivity index (χ0) is 29.7. The van der Waals surface area contributed by atoms with E-state index in [1.54, 1.807) is 65.8 Å². The number of esters is 2. The van der Waals surface area contributed by atoms with E-state index in [4.69, 9.17) is 18.9 Å². The van der Waals surface area contributed by atoms with Gasteiger partial charge in [-0.25, -0.2) is 9.59 Å². The molecule has 0 bridgehead atoms. The summed E-state index contributed by atoms with van der Waals surface area (Å²) in [4.78, 5) is 51.8. The molecular formula is C28H37N3O8S. The number of hydrogen-bond acceptors (Lipinski definition) is 10. The van der Waals surface area contributed by atoms with Gasteiger partial charge in [-0.15, -0.1) is 11.3 Å². The van der Waals surface area contributed by atoms with Crippen molar-refractivity contribution in [3.05, 3.63) is 45.8 Å². The molecule has 40 heavy (non-hydrogen) atoms. The summed E-state index contributed by atoms with van der Waals surface area (Å²) in [6, 6.07) is 6.56. The molecule has 1 aromatic carbocycles. The summed E-state index contributed by atoms with van der Waals surface area (Å²) in [5, 5.41) is 9.03.